The lowest BCUT2D eigenvalue weighted by atomic mass is 10.0. The van der Waals surface area contributed by atoms with Gasteiger partial charge in [0.25, 0.3) is 0 Å². The molecule has 0 bridgehead atoms. The summed E-state index contributed by atoms with van der Waals surface area (Å²) in [5.41, 5.74) is 2.11. The zero-order valence-corrected chi connectivity index (χ0v) is 13.7. The van der Waals surface area contributed by atoms with Gasteiger partial charge in [-0.15, -0.1) is 0 Å². The van der Waals surface area contributed by atoms with E-state index in [2.05, 4.69) is 36.3 Å². The van der Waals surface area contributed by atoms with E-state index in [9.17, 15) is 0 Å². The van der Waals surface area contributed by atoms with Gasteiger partial charge in [0.2, 0.25) is 0 Å². The molecule has 1 aliphatic rings. The van der Waals surface area contributed by atoms with Crippen molar-refractivity contribution in [3.63, 3.8) is 0 Å². The highest BCUT2D eigenvalue weighted by atomic mass is 16.5. The highest BCUT2D eigenvalue weighted by Gasteiger charge is 2.28. The van der Waals surface area contributed by atoms with Crippen LogP contribution in [-0.4, -0.2) is 30.8 Å². The van der Waals surface area contributed by atoms with E-state index in [1.54, 1.807) is 0 Å². The van der Waals surface area contributed by atoms with Crippen molar-refractivity contribution < 1.29 is 9.47 Å². The third-order valence-corrected chi connectivity index (χ3v) is 4.02. The second-order valence-electron chi connectivity index (χ2n) is 6.10. The van der Waals surface area contributed by atoms with Crippen molar-refractivity contribution >= 4 is 0 Å². The zero-order valence-electron chi connectivity index (χ0n) is 13.7. The second kappa shape index (κ2) is 7.57. The van der Waals surface area contributed by atoms with Gasteiger partial charge in [-0.3, -0.25) is 4.98 Å². The Morgan fingerprint density at radius 1 is 1.17 bits per heavy atom. The number of pyridine rings is 1. The Morgan fingerprint density at radius 3 is 2.70 bits per heavy atom. The van der Waals surface area contributed by atoms with Crippen molar-refractivity contribution in [2.24, 2.45) is 0 Å². The summed E-state index contributed by atoms with van der Waals surface area (Å²) in [6, 6.07) is 14.2. The molecule has 0 radical (unpaired) electrons. The SMILES string of the molecule is CC(C)c1ncccc1OC(c1ccccc1)[C@@H]1CNCCO1. The number of rotatable bonds is 5. The fraction of sp³-hybridized carbons (Fsp3) is 0.421. The first kappa shape index (κ1) is 16.0. The Kier molecular flexibility index (Phi) is 5.26. The summed E-state index contributed by atoms with van der Waals surface area (Å²) in [6.07, 6.45) is 1.66. The molecule has 2 atom stereocenters. The van der Waals surface area contributed by atoms with Gasteiger partial charge in [0, 0.05) is 19.3 Å². The Hall–Kier alpha value is -1.91. The van der Waals surface area contributed by atoms with Gasteiger partial charge < -0.3 is 14.8 Å². The molecule has 2 heterocycles. The van der Waals surface area contributed by atoms with Gasteiger partial charge in [0.05, 0.1) is 12.3 Å². The van der Waals surface area contributed by atoms with Crippen LogP contribution in [0.5, 0.6) is 5.75 Å². The predicted octanol–water partition coefficient (Wildman–Crippen LogP) is 3.31. The summed E-state index contributed by atoms with van der Waals surface area (Å²) in [7, 11) is 0. The Labute approximate surface area is 137 Å². The lowest BCUT2D eigenvalue weighted by Gasteiger charge is -2.32. The molecule has 0 saturated carbocycles. The third-order valence-electron chi connectivity index (χ3n) is 4.02. The minimum Gasteiger partial charge on any atom is -0.481 e. The van der Waals surface area contributed by atoms with E-state index in [-0.39, 0.29) is 12.2 Å². The predicted molar refractivity (Wildman–Crippen MR) is 90.7 cm³/mol. The van der Waals surface area contributed by atoms with E-state index in [0.29, 0.717) is 12.5 Å². The first-order valence-electron chi connectivity index (χ1n) is 8.24. The van der Waals surface area contributed by atoms with Crippen LogP contribution in [0.25, 0.3) is 0 Å². The number of aromatic nitrogens is 1. The van der Waals surface area contributed by atoms with Crippen LogP contribution in [0.15, 0.2) is 48.7 Å². The van der Waals surface area contributed by atoms with Crippen LogP contribution >= 0.6 is 0 Å². The molecular weight excluding hydrogens is 288 g/mol. The molecule has 1 aromatic carbocycles. The molecule has 1 N–H and O–H groups in total. The molecule has 4 nitrogen and oxygen atoms in total. The molecule has 0 spiro atoms. The smallest absolute Gasteiger partial charge is 0.151 e. The Balaban J connectivity index is 1.90. The van der Waals surface area contributed by atoms with Crippen molar-refractivity contribution in [3.8, 4) is 5.75 Å². The number of nitrogens with one attached hydrogen (secondary N) is 1. The average molecular weight is 312 g/mol. The van der Waals surface area contributed by atoms with E-state index >= 15 is 0 Å². The van der Waals surface area contributed by atoms with E-state index in [0.717, 1.165) is 30.1 Å². The van der Waals surface area contributed by atoms with Crippen molar-refractivity contribution in [1.82, 2.24) is 10.3 Å². The van der Waals surface area contributed by atoms with Crippen molar-refractivity contribution in [1.29, 1.82) is 0 Å². The van der Waals surface area contributed by atoms with Gasteiger partial charge in [-0.05, 0) is 23.6 Å². The number of hydrogen-bond donors (Lipinski definition) is 1. The lowest BCUT2D eigenvalue weighted by Crippen LogP contribution is -2.43. The Bertz CT molecular complexity index is 610. The van der Waals surface area contributed by atoms with Crippen molar-refractivity contribution in [3.05, 3.63) is 59.9 Å². The fourth-order valence-electron chi connectivity index (χ4n) is 2.85. The molecular formula is C19H24N2O2. The molecule has 1 aliphatic heterocycles. The fourth-order valence-corrected chi connectivity index (χ4v) is 2.85. The Morgan fingerprint density at radius 2 is 2.00 bits per heavy atom. The first-order chi connectivity index (χ1) is 11.3. The number of hydrogen-bond acceptors (Lipinski definition) is 4. The average Bonchev–Trinajstić information content (AvgIpc) is 2.61. The van der Waals surface area contributed by atoms with Crippen LogP contribution in [0.2, 0.25) is 0 Å². The number of benzene rings is 1. The summed E-state index contributed by atoms with van der Waals surface area (Å²) >= 11 is 0. The van der Waals surface area contributed by atoms with Crippen LogP contribution in [0, 0.1) is 0 Å². The van der Waals surface area contributed by atoms with Crippen LogP contribution in [0.4, 0.5) is 0 Å². The van der Waals surface area contributed by atoms with Gasteiger partial charge in [-0.25, -0.2) is 0 Å². The summed E-state index contributed by atoms with van der Waals surface area (Å²) in [4.78, 5) is 4.49. The van der Waals surface area contributed by atoms with Gasteiger partial charge >= 0.3 is 0 Å². The molecule has 122 valence electrons. The molecule has 0 amide bonds. The molecule has 23 heavy (non-hydrogen) atoms. The molecule has 2 aromatic rings. The molecule has 1 fully saturated rings. The van der Waals surface area contributed by atoms with Crippen LogP contribution < -0.4 is 10.1 Å². The largest absolute Gasteiger partial charge is 0.481 e. The molecule has 1 unspecified atom stereocenters. The second-order valence-corrected chi connectivity index (χ2v) is 6.10. The van der Waals surface area contributed by atoms with E-state index < -0.39 is 0 Å². The maximum Gasteiger partial charge on any atom is 0.151 e. The molecule has 1 saturated heterocycles. The molecule has 0 aliphatic carbocycles. The van der Waals surface area contributed by atoms with Crippen LogP contribution in [-0.2, 0) is 4.74 Å². The van der Waals surface area contributed by atoms with Gasteiger partial charge in [-0.1, -0.05) is 44.2 Å². The first-order valence-corrected chi connectivity index (χ1v) is 8.24. The summed E-state index contributed by atoms with van der Waals surface area (Å²) in [5, 5.41) is 3.39. The standard InChI is InChI=1S/C19H24N2O2/c1-14(2)18-16(9-6-10-21-18)23-19(15-7-4-3-5-8-15)17-13-20-11-12-22-17/h3-10,14,17,19-20H,11-13H2,1-2H3/t17-,19?/m0/s1. The number of ether oxygens (including phenoxy) is 2. The maximum atomic E-state index is 6.40. The maximum absolute atomic E-state index is 6.40. The van der Waals surface area contributed by atoms with Crippen LogP contribution in [0.3, 0.4) is 0 Å². The van der Waals surface area contributed by atoms with Gasteiger partial charge in [0.15, 0.2) is 6.10 Å². The lowest BCUT2D eigenvalue weighted by molar-refractivity contribution is -0.0436. The highest BCUT2D eigenvalue weighted by Crippen LogP contribution is 2.31. The highest BCUT2D eigenvalue weighted by molar-refractivity contribution is 5.31. The van der Waals surface area contributed by atoms with Gasteiger partial charge in [0.1, 0.15) is 11.9 Å². The number of morpholine rings is 1. The molecule has 1 aromatic heterocycles. The quantitative estimate of drug-likeness (QED) is 0.920. The van der Waals surface area contributed by atoms with Gasteiger partial charge in [-0.2, -0.15) is 0 Å². The summed E-state index contributed by atoms with van der Waals surface area (Å²) in [5.74, 6) is 1.15. The van der Waals surface area contributed by atoms with Crippen LogP contribution in [0.1, 0.15) is 37.1 Å². The summed E-state index contributed by atoms with van der Waals surface area (Å²) < 4.78 is 12.4. The van der Waals surface area contributed by atoms with E-state index in [4.69, 9.17) is 9.47 Å². The normalized spacial score (nSPS) is 19.5. The van der Waals surface area contributed by atoms with E-state index in [1.807, 2.05) is 36.5 Å². The monoisotopic (exact) mass is 312 g/mol. The summed E-state index contributed by atoms with van der Waals surface area (Å²) in [6.45, 7) is 6.65. The third kappa shape index (κ3) is 3.89. The number of nitrogens with zero attached hydrogens (tertiary/aromatic N) is 1. The van der Waals surface area contributed by atoms with E-state index in [1.165, 1.54) is 0 Å². The molecule has 4 heteroatoms. The topological polar surface area (TPSA) is 43.4 Å². The van der Waals surface area contributed by atoms with Crippen molar-refractivity contribution in [2.75, 3.05) is 19.7 Å². The molecule has 3 rings (SSSR count). The zero-order chi connectivity index (χ0) is 16.1. The van der Waals surface area contributed by atoms with Crippen molar-refractivity contribution in [2.45, 2.75) is 32.0 Å². The minimum absolute atomic E-state index is 0.00799. The minimum atomic E-state index is -0.148.